The van der Waals surface area contributed by atoms with Gasteiger partial charge in [0.25, 0.3) is 11.8 Å². The van der Waals surface area contributed by atoms with Gasteiger partial charge in [-0.05, 0) is 104 Å². The number of pyridine rings is 1. The lowest BCUT2D eigenvalue weighted by molar-refractivity contribution is -0.155. The van der Waals surface area contributed by atoms with Crippen molar-refractivity contribution in [2.45, 2.75) is 65.1 Å². The van der Waals surface area contributed by atoms with E-state index in [1.807, 2.05) is 56.3 Å². The molecule has 2 unspecified atom stereocenters. The highest BCUT2D eigenvalue weighted by Crippen LogP contribution is 2.33. The lowest BCUT2D eigenvalue weighted by Gasteiger charge is -2.30. The number of aromatic nitrogens is 1. The Morgan fingerprint density at radius 1 is 0.959 bits per heavy atom. The van der Waals surface area contributed by atoms with E-state index in [0.29, 0.717) is 29.3 Å². The lowest BCUT2D eigenvalue weighted by atomic mass is 9.86. The quantitative estimate of drug-likeness (QED) is 0.282. The highest BCUT2D eigenvalue weighted by atomic mass is 16.5. The maximum atomic E-state index is 13.9. The zero-order chi connectivity index (χ0) is 34.7. The molecule has 0 saturated heterocycles. The third kappa shape index (κ3) is 7.51. The summed E-state index contributed by atoms with van der Waals surface area (Å²) in [7, 11) is 1.70. The van der Waals surface area contributed by atoms with E-state index >= 15 is 0 Å². The average Bonchev–Trinajstić information content (AvgIpc) is 3.17. The number of rotatable bonds is 8. The second-order valence-corrected chi connectivity index (χ2v) is 13.6. The molecule has 0 radical (unpaired) electrons. The fourth-order valence-corrected chi connectivity index (χ4v) is 7.13. The Labute approximate surface area is 288 Å². The average molecular weight is 661 g/mol. The zero-order valence-electron chi connectivity index (χ0n) is 28.6. The number of nitrogens with zero attached hydrogens (tertiary/aromatic N) is 3. The van der Waals surface area contributed by atoms with Crippen molar-refractivity contribution >= 4 is 29.4 Å². The summed E-state index contributed by atoms with van der Waals surface area (Å²) < 4.78 is 5.87. The minimum atomic E-state index is -0.704. The molecule has 3 amide bonds. The Hall–Kier alpha value is -5.05. The molecule has 1 fully saturated rings. The van der Waals surface area contributed by atoms with Gasteiger partial charge in [-0.15, -0.1) is 0 Å². The topological polar surface area (TPSA) is 109 Å². The summed E-state index contributed by atoms with van der Waals surface area (Å²) in [6.45, 7) is 6.54. The summed E-state index contributed by atoms with van der Waals surface area (Å²) in [5.41, 5.74) is 5.26. The van der Waals surface area contributed by atoms with E-state index in [0.717, 1.165) is 42.4 Å². The summed E-state index contributed by atoms with van der Waals surface area (Å²) in [6.07, 6.45) is 12.7. The molecule has 9 nitrogen and oxygen atoms in total. The molecule has 9 heteroatoms. The molecule has 1 aromatic heterocycles. The highest BCUT2D eigenvalue weighted by molar-refractivity contribution is 6.11. The summed E-state index contributed by atoms with van der Waals surface area (Å²) in [5.74, 6) is -0.573. The molecule has 254 valence electrons. The van der Waals surface area contributed by atoms with Gasteiger partial charge in [0.1, 0.15) is 12.1 Å². The molecule has 49 heavy (non-hydrogen) atoms. The molecule has 1 N–H and O–H groups in total. The molecule has 0 bridgehead atoms. The van der Waals surface area contributed by atoms with Gasteiger partial charge >= 0.3 is 5.97 Å². The van der Waals surface area contributed by atoms with Crippen molar-refractivity contribution in [3.8, 4) is 11.1 Å². The number of carbonyl (C=O) groups is 4. The second-order valence-electron chi connectivity index (χ2n) is 13.6. The highest BCUT2D eigenvalue weighted by Gasteiger charge is 2.36. The third-order valence-corrected chi connectivity index (χ3v) is 10.1. The Kier molecular flexibility index (Phi) is 10.1. The minimum absolute atomic E-state index is 0.0880. The van der Waals surface area contributed by atoms with Crippen molar-refractivity contribution in [1.29, 1.82) is 0 Å². The molecule has 2 aromatic carbocycles. The predicted octanol–water partition coefficient (Wildman–Crippen LogP) is 6.36. The second kappa shape index (κ2) is 14.6. The molecule has 1 aliphatic heterocycles. The van der Waals surface area contributed by atoms with Gasteiger partial charge in [-0.3, -0.25) is 24.2 Å². The van der Waals surface area contributed by atoms with Crippen LogP contribution in [0.1, 0.15) is 72.7 Å². The minimum Gasteiger partial charge on any atom is -0.462 e. The van der Waals surface area contributed by atoms with Crippen LogP contribution in [0.25, 0.3) is 11.1 Å². The predicted molar refractivity (Wildman–Crippen MR) is 189 cm³/mol. The van der Waals surface area contributed by atoms with Gasteiger partial charge in [-0.1, -0.05) is 48.9 Å². The molecule has 0 spiro atoms. The van der Waals surface area contributed by atoms with Crippen LogP contribution in [0.5, 0.6) is 0 Å². The number of allylic oxidation sites excluding steroid dienone is 3. The fraction of sp³-hybridized carbons (Fsp3) is 0.375. The summed E-state index contributed by atoms with van der Waals surface area (Å²) in [4.78, 5) is 60.6. The number of ether oxygens (including phenoxy) is 1. The molecule has 3 aromatic rings. The van der Waals surface area contributed by atoms with E-state index in [1.54, 1.807) is 60.4 Å². The third-order valence-electron chi connectivity index (χ3n) is 10.1. The molecular formula is C40H44N4O5. The van der Waals surface area contributed by atoms with Gasteiger partial charge in [-0.2, -0.15) is 0 Å². The van der Waals surface area contributed by atoms with E-state index in [-0.39, 0.29) is 48.2 Å². The molecular weight excluding hydrogens is 616 g/mol. The standard InChI is InChI=1S/C40H44N4O5/c1-25-8-14-34(26(2)20-25)40(48)49-33-12-9-28(10-13-33)23-42-37(45)32-7-5-6-29(21-32)24-44-27(3)38(46)43(4)36-22-31(11-15-35(36)39(44)47)30-16-18-41-19-17-30/h5-8,11,14-22,26-28,33-34H,9-10,12-13,23-24H2,1-4H3,(H,42,45)/t26?,27-,28?,33?,34?/m1/s1. The van der Waals surface area contributed by atoms with Gasteiger partial charge in [0, 0.05) is 38.1 Å². The molecule has 3 atom stereocenters. The van der Waals surface area contributed by atoms with Gasteiger partial charge in [-0.25, -0.2) is 0 Å². The Balaban J connectivity index is 1.05. The van der Waals surface area contributed by atoms with Crippen LogP contribution in [-0.2, 0) is 20.9 Å². The molecule has 2 heterocycles. The summed E-state index contributed by atoms with van der Waals surface area (Å²) in [5, 5.41) is 3.08. The molecule has 3 aliphatic rings. The Morgan fingerprint density at radius 3 is 2.45 bits per heavy atom. The lowest BCUT2D eigenvalue weighted by Crippen LogP contribution is -2.45. The molecule has 2 aliphatic carbocycles. The van der Waals surface area contributed by atoms with Crippen molar-refractivity contribution < 1.29 is 23.9 Å². The largest absolute Gasteiger partial charge is 0.462 e. The Bertz CT molecular complexity index is 1790. The van der Waals surface area contributed by atoms with Crippen LogP contribution in [0.15, 0.2) is 90.8 Å². The number of amides is 3. The van der Waals surface area contributed by atoms with Crippen LogP contribution >= 0.6 is 0 Å². The first-order chi connectivity index (χ1) is 23.6. The number of anilines is 1. The number of hydrogen-bond donors (Lipinski definition) is 1. The first-order valence-electron chi connectivity index (χ1n) is 17.2. The van der Waals surface area contributed by atoms with Gasteiger partial charge in [0.15, 0.2) is 0 Å². The SMILES string of the molecule is CC1=CC(C)C(C(=O)OC2CCC(CNC(=O)c3cccc(CN4C(=O)c5ccc(-c6ccncc6)cc5N(C)C(=O)[C@H]4C)c3)CC2)C=C1. The molecule has 1 saturated carbocycles. The summed E-state index contributed by atoms with van der Waals surface area (Å²) in [6, 6.07) is 15.8. The van der Waals surface area contributed by atoms with Crippen molar-refractivity contribution in [2.24, 2.45) is 17.8 Å². The van der Waals surface area contributed by atoms with Gasteiger partial charge < -0.3 is 19.9 Å². The van der Waals surface area contributed by atoms with Crippen LogP contribution in [0.2, 0.25) is 0 Å². The first-order valence-corrected chi connectivity index (χ1v) is 17.2. The maximum absolute atomic E-state index is 13.9. The van der Waals surface area contributed by atoms with Crippen LogP contribution in [-0.4, -0.2) is 59.3 Å². The van der Waals surface area contributed by atoms with E-state index < -0.39 is 6.04 Å². The number of likely N-dealkylation sites (N-methyl/N-ethyl adjacent to an activating group) is 1. The van der Waals surface area contributed by atoms with Crippen LogP contribution in [0.3, 0.4) is 0 Å². The number of hydrogen-bond acceptors (Lipinski definition) is 6. The van der Waals surface area contributed by atoms with Crippen molar-refractivity contribution in [3.63, 3.8) is 0 Å². The van der Waals surface area contributed by atoms with E-state index in [1.165, 1.54) is 5.57 Å². The fourth-order valence-electron chi connectivity index (χ4n) is 7.13. The number of carbonyl (C=O) groups excluding carboxylic acids is 4. The van der Waals surface area contributed by atoms with E-state index in [9.17, 15) is 19.2 Å². The molecule has 6 rings (SSSR count). The van der Waals surface area contributed by atoms with Gasteiger partial charge in [0.05, 0.1) is 17.2 Å². The number of fused-ring (bicyclic) bond motifs is 1. The number of nitrogens with one attached hydrogen (secondary N) is 1. The Morgan fingerprint density at radius 2 is 1.71 bits per heavy atom. The zero-order valence-corrected chi connectivity index (χ0v) is 28.6. The maximum Gasteiger partial charge on any atom is 0.313 e. The van der Waals surface area contributed by atoms with Crippen molar-refractivity contribution in [1.82, 2.24) is 15.2 Å². The smallest absolute Gasteiger partial charge is 0.313 e. The first kappa shape index (κ1) is 33.8. The van der Waals surface area contributed by atoms with Gasteiger partial charge in [0.2, 0.25) is 5.91 Å². The number of esters is 1. The van der Waals surface area contributed by atoms with Crippen LogP contribution in [0, 0.1) is 17.8 Å². The van der Waals surface area contributed by atoms with Crippen LogP contribution in [0.4, 0.5) is 5.69 Å². The van der Waals surface area contributed by atoms with Crippen molar-refractivity contribution in [3.05, 3.63) is 107 Å². The van der Waals surface area contributed by atoms with E-state index in [4.69, 9.17) is 4.74 Å². The van der Waals surface area contributed by atoms with Crippen molar-refractivity contribution in [2.75, 3.05) is 18.5 Å². The normalized spacial score (nSPS) is 23.8. The summed E-state index contributed by atoms with van der Waals surface area (Å²) >= 11 is 0. The van der Waals surface area contributed by atoms with Crippen LogP contribution < -0.4 is 10.2 Å². The van der Waals surface area contributed by atoms with E-state index in [2.05, 4.69) is 16.4 Å². The number of benzene rings is 2. The monoisotopic (exact) mass is 660 g/mol.